The summed E-state index contributed by atoms with van der Waals surface area (Å²) in [4.78, 5) is 30.5. The maximum absolute atomic E-state index is 12.5. The maximum atomic E-state index is 12.5. The minimum atomic E-state index is -0.275. The number of carbonyl (C=O) groups excluding carboxylic acids is 2. The van der Waals surface area contributed by atoms with Gasteiger partial charge in [-0.2, -0.15) is 0 Å². The third-order valence-corrected chi connectivity index (χ3v) is 4.22. The van der Waals surface area contributed by atoms with E-state index in [1.807, 2.05) is 37.3 Å². The van der Waals surface area contributed by atoms with Crippen LogP contribution in [-0.2, 0) is 4.79 Å². The number of rotatable bonds is 4. The summed E-state index contributed by atoms with van der Waals surface area (Å²) in [5.74, 6) is -0.231. The van der Waals surface area contributed by atoms with Crippen molar-refractivity contribution in [1.29, 1.82) is 0 Å². The highest BCUT2D eigenvalue weighted by molar-refractivity contribution is 6.01. The molecule has 22 heavy (non-hydrogen) atoms. The minimum absolute atomic E-state index is 0.00390. The summed E-state index contributed by atoms with van der Waals surface area (Å²) in [5.41, 5.74) is 1.67. The molecule has 1 fully saturated rings. The molecule has 1 aromatic heterocycles. The zero-order chi connectivity index (χ0) is 15.5. The Bertz CT molecular complexity index is 670. The Morgan fingerprint density at radius 3 is 2.68 bits per heavy atom. The number of benzene rings is 1. The van der Waals surface area contributed by atoms with Gasteiger partial charge in [0.2, 0.25) is 5.91 Å². The zero-order valence-electron chi connectivity index (χ0n) is 12.5. The van der Waals surface area contributed by atoms with Crippen molar-refractivity contribution in [3.05, 3.63) is 66.0 Å². The Kier molecular flexibility index (Phi) is 4.00. The highest BCUT2D eigenvalue weighted by atomic mass is 16.2. The molecule has 2 aromatic rings. The Balaban J connectivity index is 1.75. The first-order valence-corrected chi connectivity index (χ1v) is 7.45. The molecule has 2 heterocycles. The van der Waals surface area contributed by atoms with Gasteiger partial charge in [0.05, 0.1) is 6.04 Å². The highest BCUT2D eigenvalue weighted by Crippen LogP contribution is 2.29. The van der Waals surface area contributed by atoms with Gasteiger partial charge in [0.1, 0.15) is 0 Å². The van der Waals surface area contributed by atoms with Crippen molar-refractivity contribution in [2.45, 2.75) is 19.4 Å². The molecule has 0 aliphatic carbocycles. The van der Waals surface area contributed by atoms with Crippen LogP contribution in [0.5, 0.6) is 0 Å². The number of amides is 1. The lowest BCUT2D eigenvalue weighted by atomic mass is 9.98. The van der Waals surface area contributed by atoms with Crippen molar-refractivity contribution < 1.29 is 9.59 Å². The highest BCUT2D eigenvalue weighted by Gasteiger charge is 2.37. The monoisotopic (exact) mass is 294 g/mol. The van der Waals surface area contributed by atoms with Gasteiger partial charge >= 0.3 is 0 Å². The molecule has 3 rings (SSSR count). The molecule has 0 spiro atoms. The quantitative estimate of drug-likeness (QED) is 0.815. The minimum Gasteiger partial charge on any atom is -0.335 e. The van der Waals surface area contributed by atoms with Gasteiger partial charge in [-0.15, -0.1) is 0 Å². The van der Waals surface area contributed by atoms with E-state index in [1.165, 1.54) is 0 Å². The third-order valence-electron chi connectivity index (χ3n) is 4.22. The normalized spacial score (nSPS) is 19.2. The van der Waals surface area contributed by atoms with Crippen LogP contribution in [0.2, 0.25) is 0 Å². The number of pyridine rings is 1. The topological polar surface area (TPSA) is 50.3 Å². The molecule has 112 valence electrons. The molecule has 0 radical (unpaired) electrons. The number of likely N-dealkylation sites (tertiary alicyclic amines) is 1. The van der Waals surface area contributed by atoms with E-state index in [4.69, 9.17) is 0 Å². The van der Waals surface area contributed by atoms with Crippen LogP contribution in [0.1, 0.15) is 35.3 Å². The van der Waals surface area contributed by atoms with Crippen LogP contribution >= 0.6 is 0 Å². The van der Waals surface area contributed by atoms with Gasteiger partial charge < -0.3 is 4.90 Å². The van der Waals surface area contributed by atoms with Gasteiger partial charge in [-0.1, -0.05) is 30.3 Å². The van der Waals surface area contributed by atoms with E-state index in [9.17, 15) is 9.59 Å². The average molecular weight is 294 g/mol. The van der Waals surface area contributed by atoms with E-state index in [2.05, 4.69) is 4.98 Å². The lowest BCUT2D eigenvalue weighted by Gasteiger charge is -2.25. The first-order valence-electron chi connectivity index (χ1n) is 7.45. The molecule has 4 heteroatoms. The summed E-state index contributed by atoms with van der Waals surface area (Å²) >= 11 is 0. The number of ketones is 1. The molecule has 1 aliphatic heterocycles. The van der Waals surface area contributed by atoms with E-state index in [-0.39, 0.29) is 30.1 Å². The van der Waals surface area contributed by atoms with Crippen molar-refractivity contribution in [3.63, 3.8) is 0 Å². The fourth-order valence-electron chi connectivity index (χ4n) is 2.94. The van der Waals surface area contributed by atoms with E-state index >= 15 is 0 Å². The Morgan fingerprint density at radius 1 is 1.23 bits per heavy atom. The van der Waals surface area contributed by atoms with Gasteiger partial charge in [-0.3, -0.25) is 14.6 Å². The predicted octanol–water partition coefficient (Wildman–Crippen LogP) is 2.87. The lowest BCUT2D eigenvalue weighted by molar-refractivity contribution is -0.129. The van der Waals surface area contributed by atoms with Crippen LogP contribution in [0.4, 0.5) is 0 Å². The first kappa shape index (κ1) is 14.4. The molecule has 2 unspecified atom stereocenters. The van der Waals surface area contributed by atoms with Gasteiger partial charge in [0, 0.05) is 36.8 Å². The zero-order valence-corrected chi connectivity index (χ0v) is 12.5. The second-order valence-electron chi connectivity index (χ2n) is 5.64. The molecule has 1 aromatic carbocycles. The number of carbonyl (C=O) groups is 2. The van der Waals surface area contributed by atoms with E-state index in [1.54, 1.807) is 29.4 Å². The van der Waals surface area contributed by atoms with Crippen molar-refractivity contribution in [3.8, 4) is 0 Å². The number of Topliss-reactive ketones (excluding diaryl/α,β-unsaturated/α-hetero) is 1. The number of hydrogen-bond acceptors (Lipinski definition) is 3. The summed E-state index contributed by atoms with van der Waals surface area (Å²) in [7, 11) is 0. The number of nitrogens with zero attached hydrogens (tertiary/aromatic N) is 2. The number of aromatic nitrogens is 1. The summed E-state index contributed by atoms with van der Waals surface area (Å²) in [6, 6.07) is 13.4. The second kappa shape index (κ2) is 6.10. The largest absolute Gasteiger partial charge is 0.335 e. The van der Waals surface area contributed by atoms with Gasteiger partial charge in [0.15, 0.2) is 5.78 Å². The van der Waals surface area contributed by atoms with Crippen LogP contribution in [-0.4, -0.2) is 28.1 Å². The molecule has 0 N–H and O–H groups in total. The molecule has 0 saturated carbocycles. The molecule has 4 nitrogen and oxygen atoms in total. The summed E-state index contributed by atoms with van der Waals surface area (Å²) in [6.07, 6.45) is 3.49. The molecule has 1 saturated heterocycles. The molecular weight excluding hydrogens is 276 g/mol. The first-order chi connectivity index (χ1) is 10.7. The summed E-state index contributed by atoms with van der Waals surface area (Å²) in [6.45, 7) is 2.48. The van der Waals surface area contributed by atoms with E-state index < -0.39 is 0 Å². The van der Waals surface area contributed by atoms with Gasteiger partial charge in [-0.05, 0) is 24.6 Å². The van der Waals surface area contributed by atoms with Crippen molar-refractivity contribution >= 4 is 11.7 Å². The van der Waals surface area contributed by atoms with Crippen molar-refractivity contribution in [2.75, 3.05) is 6.54 Å². The standard InChI is InChI=1S/C18H18N2O2/c1-13(14-6-3-2-4-7-14)20-12-16(10-17(20)21)18(22)15-8-5-9-19-11-15/h2-9,11,13,16H,10,12H2,1H3. The molecule has 1 amide bonds. The van der Waals surface area contributed by atoms with E-state index in [0.717, 1.165) is 5.56 Å². The van der Waals surface area contributed by atoms with Gasteiger partial charge in [-0.25, -0.2) is 0 Å². The van der Waals surface area contributed by atoms with Gasteiger partial charge in [0.25, 0.3) is 0 Å². The molecule has 1 aliphatic rings. The van der Waals surface area contributed by atoms with Crippen LogP contribution in [0, 0.1) is 5.92 Å². The Hall–Kier alpha value is -2.49. The van der Waals surface area contributed by atoms with E-state index in [0.29, 0.717) is 12.1 Å². The van der Waals surface area contributed by atoms with Crippen LogP contribution < -0.4 is 0 Å². The molecule has 2 atom stereocenters. The Morgan fingerprint density at radius 2 is 2.00 bits per heavy atom. The second-order valence-corrected chi connectivity index (χ2v) is 5.64. The fourth-order valence-corrected chi connectivity index (χ4v) is 2.94. The fraction of sp³-hybridized carbons (Fsp3) is 0.278. The number of hydrogen-bond donors (Lipinski definition) is 0. The van der Waals surface area contributed by atoms with Crippen LogP contribution in [0.25, 0.3) is 0 Å². The average Bonchev–Trinajstić information content (AvgIpc) is 2.97. The van der Waals surface area contributed by atoms with Crippen molar-refractivity contribution in [2.24, 2.45) is 5.92 Å². The SMILES string of the molecule is CC(c1ccccc1)N1CC(C(=O)c2cccnc2)CC1=O. The lowest BCUT2D eigenvalue weighted by Crippen LogP contribution is -2.29. The molecular formula is C18H18N2O2. The van der Waals surface area contributed by atoms with Crippen molar-refractivity contribution in [1.82, 2.24) is 9.88 Å². The maximum Gasteiger partial charge on any atom is 0.223 e. The van der Waals surface area contributed by atoms with Crippen LogP contribution in [0.3, 0.4) is 0 Å². The molecule has 0 bridgehead atoms. The van der Waals surface area contributed by atoms with Crippen LogP contribution in [0.15, 0.2) is 54.9 Å². The Labute approximate surface area is 129 Å². The predicted molar refractivity (Wildman–Crippen MR) is 83.2 cm³/mol. The summed E-state index contributed by atoms with van der Waals surface area (Å²) in [5, 5.41) is 0. The smallest absolute Gasteiger partial charge is 0.223 e. The third kappa shape index (κ3) is 2.77. The summed E-state index contributed by atoms with van der Waals surface area (Å²) < 4.78 is 0.